The van der Waals surface area contributed by atoms with Crippen LogP contribution in [0.5, 0.6) is 0 Å². The number of sulfone groups is 1. The van der Waals surface area contributed by atoms with Gasteiger partial charge in [-0.05, 0) is 26.7 Å². The van der Waals surface area contributed by atoms with Crippen molar-refractivity contribution in [3.8, 4) is 0 Å². The Morgan fingerprint density at radius 1 is 1.29 bits per heavy atom. The average molecular weight is 474 g/mol. The van der Waals surface area contributed by atoms with E-state index in [4.69, 9.17) is 4.74 Å². The van der Waals surface area contributed by atoms with Gasteiger partial charge < -0.3 is 15.4 Å². The lowest BCUT2D eigenvalue weighted by atomic mass is 10.0. The van der Waals surface area contributed by atoms with Gasteiger partial charge in [-0.15, -0.1) is 24.0 Å². The summed E-state index contributed by atoms with van der Waals surface area (Å²) in [6.07, 6.45) is 2.16. The smallest absolute Gasteiger partial charge is 0.191 e. The zero-order valence-electron chi connectivity index (χ0n) is 14.7. The van der Waals surface area contributed by atoms with Gasteiger partial charge in [0.15, 0.2) is 15.8 Å². The van der Waals surface area contributed by atoms with Crippen LogP contribution in [0.25, 0.3) is 0 Å². The summed E-state index contributed by atoms with van der Waals surface area (Å²) in [5.74, 6) is 1.35. The van der Waals surface area contributed by atoms with Crippen LogP contribution in [0.4, 0.5) is 0 Å². The van der Waals surface area contributed by atoms with E-state index < -0.39 is 9.84 Å². The van der Waals surface area contributed by atoms with Crippen LogP contribution in [0.15, 0.2) is 4.99 Å². The van der Waals surface area contributed by atoms with E-state index in [2.05, 4.69) is 27.4 Å². The highest BCUT2D eigenvalue weighted by Crippen LogP contribution is 2.24. The molecule has 0 bridgehead atoms. The second-order valence-corrected chi connectivity index (χ2v) is 8.82. The van der Waals surface area contributed by atoms with E-state index in [-0.39, 0.29) is 41.1 Å². The predicted molar refractivity (Wildman–Crippen MR) is 108 cm³/mol. The monoisotopic (exact) mass is 474 g/mol. The fourth-order valence-electron chi connectivity index (χ4n) is 2.86. The van der Waals surface area contributed by atoms with Gasteiger partial charge >= 0.3 is 0 Å². The van der Waals surface area contributed by atoms with E-state index in [1.807, 2.05) is 6.92 Å². The third kappa shape index (κ3) is 7.40. The summed E-state index contributed by atoms with van der Waals surface area (Å²) < 4.78 is 28.6. The minimum absolute atomic E-state index is 0. The predicted octanol–water partition coefficient (Wildman–Crippen LogP) is 0.459. The molecule has 2 aliphatic heterocycles. The van der Waals surface area contributed by atoms with Crippen LogP contribution in [0.3, 0.4) is 0 Å². The number of nitrogens with one attached hydrogen (secondary N) is 2. The van der Waals surface area contributed by atoms with Gasteiger partial charge in [-0.2, -0.15) is 0 Å². The molecule has 0 spiro atoms. The number of ether oxygens (including phenoxy) is 1. The van der Waals surface area contributed by atoms with Crippen molar-refractivity contribution in [1.29, 1.82) is 0 Å². The van der Waals surface area contributed by atoms with E-state index >= 15 is 0 Å². The zero-order valence-corrected chi connectivity index (χ0v) is 17.9. The number of halogens is 1. The molecule has 1 atom stereocenters. The Morgan fingerprint density at radius 2 is 2.00 bits per heavy atom. The highest BCUT2D eigenvalue weighted by molar-refractivity contribution is 14.0. The highest BCUT2D eigenvalue weighted by Gasteiger charge is 2.29. The van der Waals surface area contributed by atoms with Crippen LogP contribution in [-0.4, -0.2) is 82.3 Å². The molecule has 0 aromatic heterocycles. The lowest BCUT2D eigenvalue weighted by Gasteiger charge is -2.27. The Labute approximate surface area is 162 Å². The number of rotatable bonds is 6. The van der Waals surface area contributed by atoms with Gasteiger partial charge in [0, 0.05) is 39.3 Å². The van der Waals surface area contributed by atoms with Crippen molar-refractivity contribution < 1.29 is 13.2 Å². The summed E-state index contributed by atoms with van der Waals surface area (Å²) in [5, 5.41) is 6.57. The van der Waals surface area contributed by atoms with Crippen LogP contribution >= 0.6 is 24.0 Å². The van der Waals surface area contributed by atoms with Gasteiger partial charge in [-0.25, -0.2) is 8.42 Å². The molecule has 2 rings (SSSR count). The van der Waals surface area contributed by atoms with Crippen LogP contribution in [0.2, 0.25) is 0 Å². The maximum Gasteiger partial charge on any atom is 0.191 e. The SMILES string of the molecule is CCNC(=NCC1(C)CCCO1)NCCN1CCS(=O)(=O)CC1.I. The maximum atomic E-state index is 11.4. The largest absolute Gasteiger partial charge is 0.373 e. The van der Waals surface area contributed by atoms with Gasteiger partial charge in [-0.3, -0.25) is 9.89 Å². The van der Waals surface area contributed by atoms with E-state index in [0.717, 1.165) is 45.0 Å². The molecule has 2 saturated heterocycles. The van der Waals surface area contributed by atoms with E-state index in [0.29, 0.717) is 19.6 Å². The normalized spacial score (nSPS) is 27.5. The molecule has 0 aliphatic carbocycles. The Hall–Kier alpha value is -0.130. The van der Waals surface area contributed by atoms with E-state index in [1.165, 1.54) is 0 Å². The summed E-state index contributed by atoms with van der Waals surface area (Å²) in [6, 6.07) is 0. The summed E-state index contributed by atoms with van der Waals surface area (Å²) in [4.78, 5) is 6.81. The van der Waals surface area contributed by atoms with Gasteiger partial charge in [0.2, 0.25) is 0 Å². The Morgan fingerprint density at radius 3 is 2.58 bits per heavy atom. The van der Waals surface area contributed by atoms with Gasteiger partial charge in [0.1, 0.15) is 0 Å². The van der Waals surface area contributed by atoms with Crippen molar-refractivity contribution in [2.45, 2.75) is 32.3 Å². The van der Waals surface area contributed by atoms with Crippen LogP contribution in [0.1, 0.15) is 26.7 Å². The molecule has 9 heteroatoms. The maximum absolute atomic E-state index is 11.4. The summed E-state index contributed by atoms with van der Waals surface area (Å²) in [6.45, 7) is 9.29. The van der Waals surface area contributed by atoms with E-state index in [9.17, 15) is 8.42 Å². The van der Waals surface area contributed by atoms with Gasteiger partial charge in [0.05, 0.1) is 23.7 Å². The molecule has 0 amide bonds. The third-order valence-electron chi connectivity index (χ3n) is 4.37. The third-order valence-corrected chi connectivity index (χ3v) is 5.98. The summed E-state index contributed by atoms with van der Waals surface area (Å²) >= 11 is 0. The minimum Gasteiger partial charge on any atom is -0.373 e. The Kier molecular flexibility index (Phi) is 9.24. The number of hydrogen-bond acceptors (Lipinski definition) is 5. The number of hydrogen-bond donors (Lipinski definition) is 2. The fraction of sp³-hybridized carbons (Fsp3) is 0.933. The first kappa shape index (κ1) is 21.9. The first-order valence-corrected chi connectivity index (χ1v) is 10.3. The van der Waals surface area contributed by atoms with Gasteiger partial charge in [0.25, 0.3) is 0 Å². The second-order valence-electron chi connectivity index (χ2n) is 6.52. The Balaban J connectivity index is 0.00000288. The summed E-state index contributed by atoms with van der Waals surface area (Å²) in [5.41, 5.74) is -0.135. The zero-order chi connectivity index (χ0) is 16.8. The van der Waals surface area contributed by atoms with Crippen molar-refractivity contribution in [1.82, 2.24) is 15.5 Å². The van der Waals surface area contributed by atoms with Crippen LogP contribution < -0.4 is 10.6 Å². The van der Waals surface area contributed by atoms with Crippen molar-refractivity contribution in [3.05, 3.63) is 0 Å². The number of aliphatic imine (C=N–C) groups is 1. The fourth-order valence-corrected chi connectivity index (χ4v) is 4.13. The first-order chi connectivity index (χ1) is 10.9. The minimum atomic E-state index is -2.80. The second kappa shape index (κ2) is 10.1. The first-order valence-electron chi connectivity index (χ1n) is 8.51. The molecule has 0 aromatic rings. The standard InChI is InChI=1S/C15H30N4O3S.HI/c1-3-16-14(18-13-15(2)5-4-10-22-15)17-6-7-19-8-11-23(20,21)12-9-19;/h3-13H2,1-2H3,(H2,16,17,18);1H. The molecule has 7 nitrogen and oxygen atoms in total. The quantitative estimate of drug-likeness (QED) is 0.331. The molecule has 142 valence electrons. The number of guanidine groups is 1. The molecule has 0 aromatic carbocycles. The average Bonchev–Trinajstić information content (AvgIpc) is 2.94. The molecule has 24 heavy (non-hydrogen) atoms. The molecule has 2 aliphatic rings. The molecule has 0 saturated carbocycles. The molecular formula is C15H31IN4O3S. The highest BCUT2D eigenvalue weighted by atomic mass is 127. The van der Waals surface area contributed by atoms with Crippen molar-refractivity contribution in [2.75, 3.05) is 57.4 Å². The van der Waals surface area contributed by atoms with E-state index in [1.54, 1.807) is 0 Å². The molecule has 0 radical (unpaired) electrons. The number of nitrogens with zero attached hydrogens (tertiary/aromatic N) is 2. The van der Waals surface area contributed by atoms with Crippen molar-refractivity contribution in [2.24, 2.45) is 4.99 Å². The lowest BCUT2D eigenvalue weighted by molar-refractivity contribution is 0.0283. The molecule has 1 unspecified atom stereocenters. The van der Waals surface area contributed by atoms with Gasteiger partial charge in [-0.1, -0.05) is 0 Å². The molecule has 2 heterocycles. The van der Waals surface area contributed by atoms with Crippen LogP contribution in [0, 0.1) is 0 Å². The van der Waals surface area contributed by atoms with Crippen LogP contribution in [-0.2, 0) is 14.6 Å². The Bertz CT molecular complexity index is 493. The molecule has 2 fully saturated rings. The molecule has 2 N–H and O–H groups in total. The topological polar surface area (TPSA) is 83.0 Å². The summed E-state index contributed by atoms with van der Waals surface area (Å²) in [7, 11) is -2.80. The lowest BCUT2D eigenvalue weighted by Crippen LogP contribution is -2.46. The van der Waals surface area contributed by atoms with Crippen molar-refractivity contribution in [3.63, 3.8) is 0 Å². The molecular weight excluding hydrogens is 443 g/mol. The van der Waals surface area contributed by atoms with Crippen molar-refractivity contribution >= 4 is 39.8 Å².